The van der Waals surface area contributed by atoms with Crippen molar-refractivity contribution in [3.63, 3.8) is 0 Å². The Labute approximate surface area is 125 Å². The Morgan fingerprint density at radius 3 is 2.81 bits per heavy atom. The molecule has 4 heteroatoms. The maximum absolute atomic E-state index is 6.12. The van der Waals surface area contributed by atoms with E-state index < -0.39 is 0 Å². The molecule has 0 amide bonds. The Morgan fingerprint density at radius 2 is 2.24 bits per heavy atom. The molecule has 21 heavy (non-hydrogen) atoms. The summed E-state index contributed by atoms with van der Waals surface area (Å²) >= 11 is 0. The van der Waals surface area contributed by atoms with Gasteiger partial charge in [0.25, 0.3) is 0 Å². The van der Waals surface area contributed by atoms with E-state index in [0.29, 0.717) is 11.5 Å². The largest absolute Gasteiger partial charge is 0.491 e. The second-order valence-electron chi connectivity index (χ2n) is 5.62. The fourth-order valence-electron chi connectivity index (χ4n) is 3.25. The van der Waals surface area contributed by atoms with Gasteiger partial charge >= 0.3 is 0 Å². The topological polar surface area (TPSA) is 47.3 Å². The van der Waals surface area contributed by atoms with E-state index in [0.717, 1.165) is 43.5 Å². The van der Waals surface area contributed by atoms with Crippen molar-refractivity contribution >= 4 is 5.57 Å². The van der Waals surface area contributed by atoms with E-state index in [1.54, 1.807) is 6.20 Å². The van der Waals surface area contributed by atoms with Gasteiger partial charge in [0.2, 0.25) is 5.89 Å². The first kappa shape index (κ1) is 14.0. The molecule has 2 heterocycles. The number of hydrogen-bond acceptors (Lipinski definition) is 4. The molecule has 0 spiro atoms. The van der Waals surface area contributed by atoms with Gasteiger partial charge in [-0.2, -0.15) is 0 Å². The first-order valence-electron chi connectivity index (χ1n) is 7.42. The van der Waals surface area contributed by atoms with Crippen molar-refractivity contribution < 1.29 is 9.15 Å². The number of aromatic nitrogens is 1. The number of ether oxygens (including phenoxy) is 1. The van der Waals surface area contributed by atoms with Crippen LogP contribution in [-0.4, -0.2) is 24.2 Å². The molecule has 2 aliphatic rings. The smallest absolute Gasteiger partial charge is 0.234 e. The van der Waals surface area contributed by atoms with Crippen LogP contribution in [0.4, 0.5) is 0 Å². The summed E-state index contributed by atoms with van der Waals surface area (Å²) in [5.74, 6) is 5.37. The molecule has 4 nitrogen and oxygen atoms in total. The average Bonchev–Trinajstić information content (AvgIpc) is 3.19. The van der Waals surface area contributed by atoms with Crippen LogP contribution in [0.1, 0.15) is 25.7 Å². The minimum atomic E-state index is 0.285. The molecular formula is C17H20N2O2. The van der Waals surface area contributed by atoms with Gasteiger partial charge in [0.05, 0.1) is 17.9 Å². The standard InChI is InChI=1S/C17H20N2O2/c1-3-12(17-19-5-6-20-17)7-15(4-2)21-16-8-13-10-18-11-14(13)9-16/h1,4-7,13-14,16,18H,8-11H2,2H3/b12-7+,15-4+/t13-,14+,16?. The van der Waals surface area contributed by atoms with Crippen molar-refractivity contribution in [3.05, 3.63) is 36.3 Å². The van der Waals surface area contributed by atoms with Crippen molar-refractivity contribution in [1.82, 2.24) is 10.3 Å². The summed E-state index contributed by atoms with van der Waals surface area (Å²) in [5, 5.41) is 3.44. The summed E-state index contributed by atoms with van der Waals surface area (Å²) in [7, 11) is 0. The maximum atomic E-state index is 6.12. The van der Waals surface area contributed by atoms with Crippen molar-refractivity contribution in [3.8, 4) is 12.3 Å². The van der Waals surface area contributed by atoms with Crippen LogP contribution >= 0.6 is 0 Å². The lowest BCUT2D eigenvalue weighted by Crippen LogP contribution is -2.16. The van der Waals surface area contributed by atoms with Gasteiger partial charge in [-0.1, -0.05) is 5.92 Å². The molecule has 1 saturated heterocycles. The molecule has 1 aliphatic heterocycles. The molecule has 1 aromatic heterocycles. The molecule has 1 saturated carbocycles. The first-order chi connectivity index (χ1) is 10.3. The van der Waals surface area contributed by atoms with Crippen LogP contribution in [0, 0.1) is 24.2 Å². The summed E-state index contributed by atoms with van der Waals surface area (Å²) in [6.45, 7) is 4.20. The molecule has 1 aliphatic carbocycles. The summed E-state index contributed by atoms with van der Waals surface area (Å²) in [5.41, 5.74) is 0.605. The second-order valence-corrected chi connectivity index (χ2v) is 5.62. The highest BCUT2D eigenvalue weighted by Gasteiger charge is 2.38. The summed E-state index contributed by atoms with van der Waals surface area (Å²) in [6.07, 6.45) is 14.9. The van der Waals surface area contributed by atoms with E-state index >= 15 is 0 Å². The highest BCUT2D eigenvalue weighted by Crippen LogP contribution is 2.37. The Hall–Kier alpha value is -1.99. The van der Waals surface area contributed by atoms with Crippen LogP contribution in [-0.2, 0) is 4.74 Å². The van der Waals surface area contributed by atoms with Crippen molar-refractivity contribution in [1.29, 1.82) is 0 Å². The normalized spacial score (nSPS) is 29.2. The third kappa shape index (κ3) is 3.03. The lowest BCUT2D eigenvalue weighted by Gasteiger charge is -2.15. The van der Waals surface area contributed by atoms with E-state index in [9.17, 15) is 0 Å². The molecule has 3 atom stereocenters. The summed E-state index contributed by atoms with van der Waals surface area (Å²) in [4.78, 5) is 4.08. The molecule has 1 aromatic rings. The van der Waals surface area contributed by atoms with Gasteiger partial charge in [0.15, 0.2) is 0 Å². The lowest BCUT2D eigenvalue weighted by atomic mass is 10.0. The monoisotopic (exact) mass is 284 g/mol. The van der Waals surface area contributed by atoms with E-state index in [1.807, 2.05) is 19.1 Å². The van der Waals surface area contributed by atoms with Crippen molar-refractivity contribution in [2.45, 2.75) is 25.9 Å². The summed E-state index contributed by atoms with van der Waals surface area (Å²) < 4.78 is 11.4. The molecule has 1 N–H and O–H groups in total. The number of oxazole rings is 1. The van der Waals surface area contributed by atoms with Crippen molar-refractivity contribution in [2.75, 3.05) is 13.1 Å². The summed E-state index contributed by atoms with van der Waals surface area (Å²) in [6, 6.07) is 0. The molecule has 3 rings (SSSR count). The fourth-order valence-corrected chi connectivity index (χ4v) is 3.25. The number of nitrogens with one attached hydrogen (secondary N) is 1. The van der Waals surface area contributed by atoms with Crippen LogP contribution in [0.15, 0.2) is 34.8 Å². The molecular weight excluding hydrogens is 264 g/mol. The third-order valence-corrected chi connectivity index (χ3v) is 4.30. The van der Waals surface area contributed by atoms with E-state index in [-0.39, 0.29) is 6.10 Å². The van der Waals surface area contributed by atoms with E-state index in [4.69, 9.17) is 15.6 Å². The van der Waals surface area contributed by atoms with Crippen LogP contribution in [0.2, 0.25) is 0 Å². The molecule has 2 fully saturated rings. The average molecular weight is 284 g/mol. The molecule has 0 radical (unpaired) electrons. The quantitative estimate of drug-likeness (QED) is 0.524. The van der Waals surface area contributed by atoms with Crippen LogP contribution < -0.4 is 5.32 Å². The zero-order valence-electron chi connectivity index (χ0n) is 12.2. The molecule has 0 bridgehead atoms. The van der Waals surface area contributed by atoms with Gasteiger partial charge in [-0.15, -0.1) is 6.42 Å². The second kappa shape index (κ2) is 6.19. The van der Waals surface area contributed by atoms with Crippen LogP contribution in [0.25, 0.3) is 5.57 Å². The molecule has 110 valence electrons. The van der Waals surface area contributed by atoms with E-state index in [2.05, 4.69) is 16.2 Å². The number of allylic oxidation sites excluding steroid dienone is 3. The molecule has 0 aromatic carbocycles. The highest BCUT2D eigenvalue weighted by atomic mass is 16.5. The van der Waals surface area contributed by atoms with Gasteiger partial charge in [-0.3, -0.25) is 0 Å². The Bertz CT molecular complexity index is 568. The maximum Gasteiger partial charge on any atom is 0.234 e. The van der Waals surface area contributed by atoms with Gasteiger partial charge < -0.3 is 14.5 Å². The Morgan fingerprint density at radius 1 is 1.48 bits per heavy atom. The minimum Gasteiger partial charge on any atom is -0.491 e. The Kier molecular flexibility index (Phi) is 4.12. The zero-order valence-corrected chi connectivity index (χ0v) is 12.2. The number of fused-ring (bicyclic) bond motifs is 1. The number of terminal acetylenes is 1. The fraction of sp³-hybridized carbons (Fsp3) is 0.471. The van der Waals surface area contributed by atoms with Crippen LogP contribution in [0.3, 0.4) is 0 Å². The third-order valence-electron chi connectivity index (χ3n) is 4.30. The zero-order chi connectivity index (χ0) is 14.7. The number of hydrogen-bond donors (Lipinski definition) is 1. The molecule has 1 unspecified atom stereocenters. The van der Waals surface area contributed by atoms with E-state index in [1.165, 1.54) is 6.26 Å². The van der Waals surface area contributed by atoms with Crippen LogP contribution in [0.5, 0.6) is 0 Å². The first-order valence-corrected chi connectivity index (χ1v) is 7.42. The predicted octanol–water partition coefficient (Wildman–Crippen LogP) is 2.61. The Balaban J connectivity index is 1.67. The van der Waals surface area contributed by atoms with Crippen molar-refractivity contribution in [2.24, 2.45) is 11.8 Å². The van der Waals surface area contributed by atoms with Gasteiger partial charge in [-0.05, 0) is 50.8 Å². The minimum absolute atomic E-state index is 0.285. The van der Waals surface area contributed by atoms with Gasteiger partial charge in [0.1, 0.15) is 12.0 Å². The predicted molar refractivity (Wildman–Crippen MR) is 81.0 cm³/mol. The lowest BCUT2D eigenvalue weighted by molar-refractivity contribution is 0.123. The van der Waals surface area contributed by atoms with Gasteiger partial charge in [-0.25, -0.2) is 4.98 Å². The number of nitrogens with zero attached hydrogens (tertiary/aromatic N) is 1. The highest BCUT2D eigenvalue weighted by molar-refractivity contribution is 5.75. The SMILES string of the molecule is C#C/C(=C\C(=C/C)OC1C[C@H]2CNC[C@H]2C1)c1ncco1. The van der Waals surface area contributed by atoms with Gasteiger partial charge in [0, 0.05) is 6.08 Å². The number of rotatable bonds is 4.